The zero-order valence-electron chi connectivity index (χ0n) is 15.0. The molecule has 0 unspecified atom stereocenters. The van der Waals surface area contributed by atoms with Crippen molar-refractivity contribution in [3.8, 4) is 12.3 Å². The molecule has 9 heteroatoms. The smallest absolute Gasteiger partial charge is 0.333 e. The summed E-state index contributed by atoms with van der Waals surface area (Å²) < 4.78 is 40.6. The Labute approximate surface area is 159 Å². The highest BCUT2D eigenvalue weighted by atomic mass is 19.3. The number of benzene rings is 1. The van der Waals surface area contributed by atoms with Crippen molar-refractivity contribution in [2.24, 2.45) is 0 Å². The van der Waals surface area contributed by atoms with Gasteiger partial charge in [0.15, 0.2) is 0 Å². The van der Waals surface area contributed by atoms with Gasteiger partial charge in [-0.05, 0) is 31.2 Å². The predicted octanol–water partition coefficient (Wildman–Crippen LogP) is 2.31. The van der Waals surface area contributed by atoms with Gasteiger partial charge in [0.2, 0.25) is 0 Å². The Hall–Kier alpha value is -3.28. The number of hydrogen-bond donors (Lipinski definition) is 0. The van der Waals surface area contributed by atoms with Crippen LogP contribution in [0.5, 0.6) is 0 Å². The standard InChI is InChI=1S/C19H17F3N4O2/c1-3-13-4-5-14(15(20)11-13)17(27)24-6-8-25(9-7-24)18(28)16-10-12(2)23-26(16)19(21)22/h1,4-5,10-11,19H,6-9H2,2H3. The minimum Gasteiger partial charge on any atom is -0.335 e. The monoisotopic (exact) mass is 390 g/mol. The van der Waals surface area contributed by atoms with Gasteiger partial charge in [-0.1, -0.05) is 5.92 Å². The molecule has 6 nitrogen and oxygen atoms in total. The fourth-order valence-corrected chi connectivity index (χ4v) is 3.05. The van der Waals surface area contributed by atoms with Gasteiger partial charge in [0, 0.05) is 31.7 Å². The first-order chi connectivity index (χ1) is 13.3. The number of amides is 2. The van der Waals surface area contributed by atoms with Crippen LogP contribution in [0.25, 0.3) is 0 Å². The molecule has 0 spiro atoms. The van der Waals surface area contributed by atoms with Gasteiger partial charge in [0.25, 0.3) is 11.8 Å². The van der Waals surface area contributed by atoms with Crippen molar-refractivity contribution in [3.63, 3.8) is 0 Å². The molecule has 0 bridgehead atoms. The molecule has 28 heavy (non-hydrogen) atoms. The van der Waals surface area contributed by atoms with E-state index in [0.717, 1.165) is 6.07 Å². The van der Waals surface area contributed by atoms with Crippen LogP contribution >= 0.6 is 0 Å². The number of aromatic nitrogens is 2. The van der Waals surface area contributed by atoms with E-state index in [9.17, 15) is 22.8 Å². The second-order valence-corrected chi connectivity index (χ2v) is 6.32. The first-order valence-electron chi connectivity index (χ1n) is 8.51. The van der Waals surface area contributed by atoms with E-state index in [1.807, 2.05) is 0 Å². The van der Waals surface area contributed by atoms with Gasteiger partial charge in [-0.25, -0.2) is 4.39 Å². The Morgan fingerprint density at radius 3 is 2.25 bits per heavy atom. The number of nitrogens with zero attached hydrogens (tertiary/aromatic N) is 4. The molecular weight excluding hydrogens is 373 g/mol. The van der Waals surface area contributed by atoms with Gasteiger partial charge < -0.3 is 9.80 Å². The number of rotatable bonds is 3. The van der Waals surface area contributed by atoms with E-state index in [2.05, 4.69) is 11.0 Å². The van der Waals surface area contributed by atoms with E-state index in [0.29, 0.717) is 15.9 Å². The molecule has 0 radical (unpaired) electrons. The maximum absolute atomic E-state index is 14.1. The van der Waals surface area contributed by atoms with Crippen molar-refractivity contribution >= 4 is 11.8 Å². The Bertz CT molecular complexity index is 957. The predicted molar refractivity (Wildman–Crippen MR) is 94.4 cm³/mol. The lowest BCUT2D eigenvalue weighted by molar-refractivity contribution is 0.0409. The second kappa shape index (κ2) is 7.76. The number of aryl methyl sites for hydroxylation is 1. The van der Waals surface area contributed by atoms with Crippen LogP contribution in [0, 0.1) is 25.1 Å². The summed E-state index contributed by atoms with van der Waals surface area (Å²) in [7, 11) is 0. The summed E-state index contributed by atoms with van der Waals surface area (Å²) in [6.45, 7) is -0.813. The quantitative estimate of drug-likeness (QED) is 0.756. The molecule has 1 aliphatic heterocycles. The third kappa shape index (κ3) is 3.71. The van der Waals surface area contributed by atoms with E-state index in [-0.39, 0.29) is 37.4 Å². The van der Waals surface area contributed by atoms with Gasteiger partial charge in [0.1, 0.15) is 11.5 Å². The zero-order valence-corrected chi connectivity index (χ0v) is 15.0. The van der Waals surface area contributed by atoms with Crippen LogP contribution in [0.3, 0.4) is 0 Å². The molecular formula is C19H17F3N4O2. The van der Waals surface area contributed by atoms with Crippen molar-refractivity contribution < 1.29 is 22.8 Å². The first-order valence-corrected chi connectivity index (χ1v) is 8.51. The topological polar surface area (TPSA) is 58.4 Å². The Balaban J connectivity index is 1.68. The third-order valence-corrected chi connectivity index (χ3v) is 4.48. The molecule has 0 atom stereocenters. The van der Waals surface area contributed by atoms with Gasteiger partial charge in [-0.15, -0.1) is 6.42 Å². The number of piperazine rings is 1. The number of carbonyl (C=O) groups excluding carboxylic acids is 2. The maximum atomic E-state index is 14.1. The van der Waals surface area contributed by atoms with Gasteiger partial charge >= 0.3 is 6.55 Å². The summed E-state index contributed by atoms with van der Waals surface area (Å²) in [6.07, 6.45) is 5.21. The summed E-state index contributed by atoms with van der Waals surface area (Å²) in [5.41, 5.74) is 0.326. The number of carbonyl (C=O) groups is 2. The van der Waals surface area contributed by atoms with Gasteiger partial charge in [0.05, 0.1) is 11.3 Å². The molecule has 2 amide bonds. The zero-order chi connectivity index (χ0) is 20.4. The molecule has 0 saturated carbocycles. The lowest BCUT2D eigenvalue weighted by atomic mass is 10.1. The van der Waals surface area contributed by atoms with Crippen LogP contribution in [0.15, 0.2) is 24.3 Å². The molecule has 1 saturated heterocycles. The highest BCUT2D eigenvalue weighted by molar-refractivity contribution is 5.95. The van der Waals surface area contributed by atoms with E-state index < -0.39 is 24.2 Å². The summed E-state index contributed by atoms with van der Waals surface area (Å²) in [6, 6.07) is 5.22. The molecule has 3 rings (SSSR count). The third-order valence-electron chi connectivity index (χ3n) is 4.48. The van der Waals surface area contributed by atoms with Gasteiger partial charge in [-0.2, -0.15) is 18.6 Å². The van der Waals surface area contributed by atoms with Crippen molar-refractivity contribution in [2.75, 3.05) is 26.2 Å². The average molecular weight is 390 g/mol. The van der Waals surface area contributed by atoms with E-state index >= 15 is 0 Å². The van der Waals surface area contributed by atoms with Crippen LogP contribution in [-0.4, -0.2) is 57.6 Å². The normalized spacial score (nSPS) is 14.3. The molecule has 1 aliphatic rings. The fourth-order valence-electron chi connectivity index (χ4n) is 3.05. The summed E-state index contributed by atoms with van der Waals surface area (Å²) in [4.78, 5) is 27.9. The lowest BCUT2D eigenvalue weighted by Gasteiger charge is -2.34. The summed E-state index contributed by atoms with van der Waals surface area (Å²) in [5.74, 6) is 0.481. The first kappa shape index (κ1) is 19.5. The number of alkyl halides is 2. The van der Waals surface area contributed by atoms with Crippen LogP contribution in [-0.2, 0) is 0 Å². The van der Waals surface area contributed by atoms with E-state index in [1.54, 1.807) is 0 Å². The minimum absolute atomic E-state index is 0.106. The molecule has 1 fully saturated rings. The minimum atomic E-state index is -2.93. The van der Waals surface area contributed by atoms with Gasteiger partial charge in [-0.3, -0.25) is 9.59 Å². The van der Waals surface area contributed by atoms with Crippen LogP contribution in [0.2, 0.25) is 0 Å². The van der Waals surface area contributed by atoms with E-state index in [1.165, 1.54) is 34.9 Å². The molecule has 2 aromatic rings. The Kier molecular flexibility index (Phi) is 5.40. The Morgan fingerprint density at radius 2 is 1.71 bits per heavy atom. The maximum Gasteiger partial charge on any atom is 0.333 e. The lowest BCUT2D eigenvalue weighted by Crippen LogP contribution is -2.51. The number of halogens is 3. The van der Waals surface area contributed by atoms with Crippen LogP contribution < -0.4 is 0 Å². The van der Waals surface area contributed by atoms with Crippen molar-refractivity contribution in [2.45, 2.75) is 13.5 Å². The molecule has 0 aliphatic carbocycles. The largest absolute Gasteiger partial charge is 0.335 e. The van der Waals surface area contributed by atoms with Crippen molar-refractivity contribution in [1.82, 2.24) is 19.6 Å². The van der Waals surface area contributed by atoms with E-state index in [4.69, 9.17) is 6.42 Å². The fraction of sp³-hybridized carbons (Fsp3) is 0.316. The molecule has 0 N–H and O–H groups in total. The molecule has 1 aromatic heterocycles. The van der Waals surface area contributed by atoms with Crippen molar-refractivity contribution in [1.29, 1.82) is 0 Å². The van der Waals surface area contributed by atoms with Crippen LogP contribution in [0.4, 0.5) is 13.2 Å². The second-order valence-electron chi connectivity index (χ2n) is 6.32. The SMILES string of the molecule is C#Cc1ccc(C(=O)N2CCN(C(=O)c3cc(C)nn3C(F)F)CC2)c(F)c1. The van der Waals surface area contributed by atoms with Crippen molar-refractivity contribution in [3.05, 3.63) is 52.6 Å². The summed E-state index contributed by atoms with van der Waals surface area (Å²) >= 11 is 0. The average Bonchev–Trinajstić information content (AvgIpc) is 3.09. The molecule has 2 heterocycles. The van der Waals surface area contributed by atoms with Crippen LogP contribution in [0.1, 0.15) is 38.7 Å². The number of hydrogen-bond acceptors (Lipinski definition) is 3. The summed E-state index contributed by atoms with van der Waals surface area (Å²) in [5, 5.41) is 3.63. The highest BCUT2D eigenvalue weighted by Gasteiger charge is 2.29. The Morgan fingerprint density at radius 1 is 1.11 bits per heavy atom. The highest BCUT2D eigenvalue weighted by Crippen LogP contribution is 2.18. The molecule has 1 aromatic carbocycles. The number of terminal acetylenes is 1. The molecule has 146 valence electrons.